The van der Waals surface area contributed by atoms with Gasteiger partial charge >= 0.3 is 0 Å². The number of aryl methyl sites for hydroxylation is 4. The maximum Gasteiger partial charge on any atom is 0.125 e. The van der Waals surface area contributed by atoms with Gasteiger partial charge in [0.05, 0.1) is 51.8 Å². The molecule has 6 heteroatoms. The number of hydrogen-bond acceptors (Lipinski definition) is 6. The molecule has 0 amide bonds. The number of rotatable bonds is 19. The maximum atomic E-state index is 6.23. The molecule has 0 aromatic heterocycles. The first kappa shape index (κ1) is 30.8. The monoisotopic (exact) mass is 554 g/mol. The zero-order valence-corrected chi connectivity index (χ0v) is 25.6. The van der Waals surface area contributed by atoms with E-state index in [2.05, 4.69) is 65.8 Å². The van der Waals surface area contributed by atoms with Crippen molar-refractivity contribution < 1.29 is 28.4 Å². The van der Waals surface area contributed by atoms with E-state index in [0.717, 1.165) is 89.7 Å². The van der Waals surface area contributed by atoms with E-state index in [0.29, 0.717) is 12.2 Å². The van der Waals surface area contributed by atoms with Gasteiger partial charge in [0.25, 0.3) is 0 Å². The molecule has 0 saturated carbocycles. The zero-order valence-electron chi connectivity index (χ0n) is 25.6. The second kappa shape index (κ2) is 15.2. The summed E-state index contributed by atoms with van der Waals surface area (Å²) in [5.41, 5.74) is 7.14. The summed E-state index contributed by atoms with van der Waals surface area (Å²) >= 11 is 0. The summed E-state index contributed by atoms with van der Waals surface area (Å²) in [5.74, 6) is 2.01. The van der Waals surface area contributed by atoms with E-state index in [1.807, 2.05) is 0 Å². The lowest BCUT2D eigenvalue weighted by atomic mass is 9.96. The largest absolute Gasteiger partial charge is 0.493 e. The van der Waals surface area contributed by atoms with Gasteiger partial charge in [-0.05, 0) is 138 Å². The van der Waals surface area contributed by atoms with E-state index in [1.165, 1.54) is 33.4 Å². The van der Waals surface area contributed by atoms with Crippen LogP contribution in [0.1, 0.15) is 74.6 Å². The Labute approximate surface area is 241 Å². The Kier molecular flexibility index (Phi) is 11.7. The first-order valence-electron chi connectivity index (χ1n) is 15.2. The molecule has 4 atom stereocenters. The van der Waals surface area contributed by atoms with Crippen molar-refractivity contribution >= 4 is 0 Å². The molecule has 0 N–H and O–H groups in total. The first-order valence-corrected chi connectivity index (χ1v) is 15.2. The summed E-state index contributed by atoms with van der Waals surface area (Å²) in [6, 6.07) is 8.97. The van der Waals surface area contributed by atoms with Crippen molar-refractivity contribution in [3.05, 3.63) is 46.5 Å². The van der Waals surface area contributed by atoms with Crippen LogP contribution in [-0.2, 0) is 18.9 Å². The molecular formula is C34H50O6. The molecule has 0 radical (unpaired) electrons. The predicted octanol–water partition coefficient (Wildman–Crippen LogP) is 7.29. The van der Waals surface area contributed by atoms with Crippen molar-refractivity contribution in [2.45, 2.75) is 104 Å². The molecule has 2 aliphatic rings. The minimum absolute atomic E-state index is 0.275. The van der Waals surface area contributed by atoms with E-state index >= 15 is 0 Å². The molecule has 0 aliphatic carbocycles. The van der Waals surface area contributed by atoms with Crippen molar-refractivity contribution in [3.8, 4) is 22.6 Å². The SMILES string of the molecule is Cc1cc(-c2cc(C)c(OCCCCC(C)OCC3CO3)c(C)c2)cc(C)c1OCCCCC(C)OCC1CO1. The van der Waals surface area contributed by atoms with Crippen LogP contribution in [0.15, 0.2) is 24.3 Å². The van der Waals surface area contributed by atoms with Crippen LogP contribution in [0.2, 0.25) is 0 Å². The molecule has 2 aromatic rings. The van der Waals surface area contributed by atoms with Crippen LogP contribution in [0.4, 0.5) is 0 Å². The molecule has 0 bridgehead atoms. The Bertz CT molecular complexity index is 943. The molecule has 2 heterocycles. The van der Waals surface area contributed by atoms with Crippen LogP contribution in [0, 0.1) is 27.7 Å². The number of ether oxygens (including phenoxy) is 6. The van der Waals surface area contributed by atoms with Gasteiger partial charge in [-0.1, -0.05) is 0 Å². The molecule has 4 unspecified atom stereocenters. The molecule has 2 saturated heterocycles. The van der Waals surface area contributed by atoms with E-state index in [1.54, 1.807) is 0 Å². The summed E-state index contributed by atoms with van der Waals surface area (Å²) in [6.45, 7) is 17.5. The van der Waals surface area contributed by atoms with E-state index in [4.69, 9.17) is 28.4 Å². The number of unbranched alkanes of at least 4 members (excludes halogenated alkanes) is 2. The number of epoxide rings is 2. The molecule has 222 valence electrons. The first-order chi connectivity index (χ1) is 19.3. The van der Waals surface area contributed by atoms with E-state index < -0.39 is 0 Å². The molecule has 2 aromatic carbocycles. The summed E-state index contributed by atoms with van der Waals surface area (Å²) in [5, 5.41) is 0. The fourth-order valence-electron chi connectivity index (χ4n) is 5.14. The van der Waals surface area contributed by atoms with Gasteiger partial charge in [0.1, 0.15) is 23.7 Å². The lowest BCUT2D eigenvalue weighted by molar-refractivity contribution is 0.0470. The van der Waals surface area contributed by atoms with E-state index in [-0.39, 0.29) is 12.2 Å². The molecule has 6 nitrogen and oxygen atoms in total. The molecule has 2 fully saturated rings. The highest BCUT2D eigenvalue weighted by atomic mass is 16.6. The Balaban J connectivity index is 1.21. The van der Waals surface area contributed by atoms with Crippen LogP contribution in [0.3, 0.4) is 0 Å². The highest BCUT2D eigenvalue weighted by molar-refractivity contribution is 5.70. The highest BCUT2D eigenvalue weighted by Gasteiger charge is 2.24. The third kappa shape index (κ3) is 10.1. The van der Waals surface area contributed by atoms with Crippen molar-refractivity contribution in [1.82, 2.24) is 0 Å². The summed E-state index contributed by atoms with van der Waals surface area (Å²) in [7, 11) is 0. The van der Waals surface area contributed by atoms with Crippen molar-refractivity contribution in [2.24, 2.45) is 0 Å². The number of hydrogen-bond donors (Lipinski definition) is 0. The standard InChI is InChI=1S/C34H50O6/c1-23-15-29(16-24(2)33(23)35-13-9-7-11-27(5)37-19-31-21-39-31)30-17-25(3)34(26(4)18-30)36-14-10-8-12-28(6)38-20-32-22-40-32/h15-18,27-28,31-32H,7-14,19-22H2,1-6H3. The summed E-state index contributed by atoms with van der Waals surface area (Å²) in [6.07, 6.45) is 7.57. The third-order valence-electron chi connectivity index (χ3n) is 7.69. The average molecular weight is 555 g/mol. The van der Waals surface area contributed by atoms with Gasteiger partial charge in [0.15, 0.2) is 0 Å². The number of benzene rings is 2. The topological polar surface area (TPSA) is 62.0 Å². The molecule has 40 heavy (non-hydrogen) atoms. The van der Waals surface area contributed by atoms with Gasteiger partial charge in [-0.2, -0.15) is 0 Å². The van der Waals surface area contributed by atoms with Gasteiger partial charge < -0.3 is 28.4 Å². The lowest BCUT2D eigenvalue weighted by Crippen LogP contribution is -2.13. The van der Waals surface area contributed by atoms with E-state index in [9.17, 15) is 0 Å². The zero-order chi connectivity index (χ0) is 28.5. The average Bonchev–Trinajstić information content (AvgIpc) is 3.84. The minimum atomic E-state index is 0.275. The van der Waals surface area contributed by atoms with Crippen molar-refractivity contribution in [2.75, 3.05) is 39.6 Å². The molecule has 2 aliphatic heterocycles. The van der Waals surface area contributed by atoms with Crippen molar-refractivity contribution in [3.63, 3.8) is 0 Å². The Morgan fingerprint density at radius 2 is 0.975 bits per heavy atom. The molecular weight excluding hydrogens is 504 g/mol. The van der Waals surface area contributed by atoms with Gasteiger partial charge in [-0.3, -0.25) is 0 Å². The summed E-state index contributed by atoms with van der Waals surface area (Å²) < 4.78 is 34.5. The fourth-order valence-corrected chi connectivity index (χ4v) is 5.14. The van der Waals surface area contributed by atoms with Gasteiger partial charge in [-0.25, -0.2) is 0 Å². The Morgan fingerprint density at radius 1 is 0.625 bits per heavy atom. The Morgan fingerprint density at radius 3 is 1.30 bits per heavy atom. The second-order valence-corrected chi connectivity index (χ2v) is 11.8. The second-order valence-electron chi connectivity index (χ2n) is 11.8. The minimum Gasteiger partial charge on any atom is -0.493 e. The van der Waals surface area contributed by atoms with Gasteiger partial charge in [0, 0.05) is 0 Å². The van der Waals surface area contributed by atoms with Crippen LogP contribution in [-0.4, -0.2) is 64.1 Å². The van der Waals surface area contributed by atoms with Crippen LogP contribution in [0.5, 0.6) is 11.5 Å². The van der Waals surface area contributed by atoms with Gasteiger partial charge in [0.2, 0.25) is 0 Å². The highest BCUT2D eigenvalue weighted by Crippen LogP contribution is 2.34. The van der Waals surface area contributed by atoms with Crippen LogP contribution in [0.25, 0.3) is 11.1 Å². The normalized spacial score (nSPS) is 19.4. The van der Waals surface area contributed by atoms with Crippen LogP contribution >= 0.6 is 0 Å². The summed E-state index contributed by atoms with van der Waals surface area (Å²) in [4.78, 5) is 0. The van der Waals surface area contributed by atoms with Gasteiger partial charge in [-0.15, -0.1) is 0 Å². The maximum absolute atomic E-state index is 6.23. The van der Waals surface area contributed by atoms with Crippen LogP contribution < -0.4 is 9.47 Å². The molecule has 0 spiro atoms. The smallest absolute Gasteiger partial charge is 0.125 e. The quantitative estimate of drug-likeness (QED) is 0.134. The van der Waals surface area contributed by atoms with Crippen molar-refractivity contribution in [1.29, 1.82) is 0 Å². The molecule has 4 rings (SSSR count). The Hall–Kier alpha value is -2.12. The third-order valence-corrected chi connectivity index (χ3v) is 7.69. The lowest BCUT2D eigenvalue weighted by Gasteiger charge is -2.17. The fraction of sp³-hybridized carbons (Fsp3) is 0.647. The predicted molar refractivity (Wildman–Crippen MR) is 160 cm³/mol.